The van der Waals surface area contributed by atoms with Crippen molar-refractivity contribution in [3.05, 3.63) is 16.3 Å². The van der Waals surface area contributed by atoms with Crippen LogP contribution in [0.15, 0.2) is 0 Å². The van der Waals surface area contributed by atoms with Crippen LogP contribution in [0.2, 0.25) is 0 Å². The normalized spacial score (nSPS) is 20.2. The molecule has 1 fully saturated rings. The van der Waals surface area contributed by atoms with Crippen molar-refractivity contribution in [2.75, 3.05) is 52.3 Å². The summed E-state index contributed by atoms with van der Waals surface area (Å²) in [6, 6.07) is 0. The van der Waals surface area contributed by atoms with Gasteiger partial charge in [0.1, 0.15) is 30.3 Å². The average molecular weight is 405 g/mol. The Morgan fingerprint density at radius 2 is 2.11 bits per heavy atom. The maximum atomic E-state index is 12.1. The Labute approximate surface area is 170 Å². The van der Waals surface area contributed by atoms with E-state index in [1.165, 1.54) is 21.8 Å². The van der Waals surface area contributed by atoms with Gasteiger partial charge in [-0.05, 0) is 30.7 Å². The number of hydrogen-bond donors (Lipinski definition) is 2. The van der Waals surface area contributed by atoms with Gasteiger partial charge in [0.15, 0.2) is 5.82 Å². The van der Waals surface area contributed by atoms with E-state index < -0.39 is 0 Å². The molecule has 2 aliphatic rings. The third-order valence-electron chi connectivity index (χ3n) is 5.72. The van der Waals surface area contributed by atoms with E-state index in [9.17, 15) is 4.79 Å². The van der Waals surface area contributed by atoms with Gasteiger partial charge in [-0.25, -0.2) is 9.97 Å². The van der Waals surface area contributed by atoms with Crippen LogP contribution in [0, 0.1) is 5.92 Å². The Balaban J connectivity index is 1.68. The van der Waals surface area contributed by atoms with Crippen LogP contribution in [-0.2, 0) is 28.9 Å². The van der Waals surface area contributed by atoms with Gasteiger partial charge in [-0.3, -0.25) is 4.79 Å². The van der Waals surface area contributed by atoms with Crippen molar-refractivity contribution in [1.82, 2.24) is 14.9 Å². The number of hydrogen-bond acceptors (Lipinski definition) is 6. The zero-order chi connectivity index (χ0) is 19.7. The van der Waals surface area contributed by atoms with E-state index in [2.05, 4.69) is 12.2 Å². The number of rotatable bonds is 5. The summed E-state index contributed by atoms with van der Waals surface area (Å²) in [5.74, 6) is 2.45. The minimum absolute atomic E-state index is 0.0461. The second kappa shape index (κ2) is 8.31. The van der Waals surface area contributed by atoms with Gasteiger partial charge < -0.3 is 19.9 Å². The molecule has 152 valence electrons. The summed E-state index contributed by atoms with van der Waals surface area (Å²) in [6.45, 7) is 6.94. The monoisotopic (exact) mass is 404 g/mol. The van der Waals surface area contributed by atoms with Crippen LogP contribution < -0.4 is 10.2 Å². The number of nitrogens with zero attached hydrogens (tertiary/aromatic N) is 3. The summed E-state index contributed by atoms with van der Waals surface area (Å²) in [5.41, 5.74) is 1.39. The predicted octanol–water partition coefficient (Wildman–Crippen LogP) is 0.731. The summed E-state index contributed by atoms with van der Waals surface area (Å²) in [5, 5.41) is 4.46. The summed E-state index contributed by atoms with van der Waals surface area (Å²) in [6.07, 6.45) is 3.40. The number of ether oxygens (including phenoxy) is 1. The lowest BCUT2D eigenvalue weighted by atomic mass is 9.89. The molecule has 7 nitrogen and oxygen atoms in total. The molecule has 1 aliphatic carbocycles. The first-order valence-electron chi connectivity index (χ1n) is 10.2. The number of quaternary nitrogens is 1. The Kier molecular flexibility index (Phi) is 5.80. The fourth-order valence-electron chi connectivity index (χ4n) is 3.97. The number of nitrogens with one attached hydrogen (secondary N) is 2. The smallest absolute Gasteiger partial charge is 0.241 e. The highest BCUT2D eigenvalue weighted by Gasteiger charge is 2.25. The van der Waals surface area contributed by atoms with Crippen molar-refractivity contribution in [2.45, 2.75) is 32.7 Å². The average Bonchev–Trinajstić information content (AvgIpc) is 3.03. The van der Waals surface area contributed by atoms with Gasteiger partial charge in [0, 0.05) is 19.0 Å². The molecule has 1 aliphatic heterocycles. The molecule has 1 atom stereocenters. The number of amides is 1. The zero-order valence-corrected chi connectivity index (χ0v) is 17.8. The molecule has 4 rings (SSSR count). The predicted molar refractivity (Wildman–Crippen MR) is 111 cm³/mol. The van der Waals surface area contributed by atoms with Crippen LogP contribution in [0.5, 0.6) is 0 Å². The van der Waals surface area contributed by atoms with Crippen LogP contribution in [0.4, 0.5) is 5.82 Å². The number of carbonyl (C=O) groups excluding carboxylic acids is 1. The molecule has 0 aromatic carbocycles. The van der Waals surface area contributed by atoms with E-state index in [1.54, 1.807) is 19.0 Å². The molecule has 2 aromatic heterocycles. The van der Waals surface area contributed by atoms with Gasteiger partial charge in [-0.2, -0.15) is 0 Å². The molecular weight excluding hydrogens is 374 g/mol. The minimum atomic E-state index is 0.0461. The van der Waals surface area contributed by atoms with Crippen LogP contribution in [0.25, 0.3) is 10.2 Å². The first kappa shape index (κ1) is 19.5. The SMILES string of the molecule is C[C@@H]1CCc2c(sc3nc(C[NH+]4CCOCC4)nc(NCC(=O)N(C)C)c23)C1. The molecular formula is C20H30N5O2S+. The molecule has 0 bridgehead atoms. The standard InChI is InChI=1S/C20H29N5O2S/c1-13-4-5-14-15(10-13)28-20-18(14)19(21-11-17(26)24(2)3)22-16(23-20)12-25-6-8-27-9-7-25/h13H,4-12H2,1-3H3,(H,21,22,23)/p+1/t13-/m1/s1. The zero-order valence-electron chi connectivity index (χ0n) is 17.0. The van der Waals surface area contributed by atoms with Crippen LogP contribution in [0.1, 0.15) is 29.6 Å². The maximum Gasteiger partial charge on any atom is 0.241 e. The molecule has 1 amide bonds. The van der Waals surface area contributed by atoms with Gasteiger partial charge in [-0.1, -0.05) is 6.92 Å². The van der Waals surface area contributed by atoms with Crippen molar-refractivity contribution in [3.63, 3.8) is 0 Å². The molecule has 8 heteroatoms. The van der Waals surface area contributed by atoms with E-state index >= 15 is 0 Å². The maximum absolute atomic E-state index is 12.1. The molecule has 2 N–H and O–H groups in total. The Morgan fingerprint density at radius 1 is 1.32 bits per heavy atom. The number of fused-ring (bicyclic) bond motifs is 3. The van der Waals surface area contributed by atoms with E-state index in [4.69, 9.17) is 14.7 Å². The second-order valence-corrected chi connectivity index (χ2v) is 9.28. The van der Waals surface area contributed by atoms with E-state index in [-0.39, 0.29) is 12.5 Å². The van der Waals surface area contributed by atoms with Crippen LogP contribution >= 0.6 is 11.3 Å². The molecule has 0 spiro atoms. The largest absolute Gasteiger partial charge is 0.370 e. The summed E-state index contributed by atoms with van der Waals surface area (Å²) >= 11 is 1.81. The molecule has 1 saturated heterocycles. The van der Waals surface area contributed by atoms with Crippen LogP contribution in [0.3, 0.4) is 0 Å². The van der Waals surface area contributed by atoms with Crippen molar-refractivity contribution in [2.24, 2.45) is 5.92 Å². The molecule has 0 saturated carbocycles. The van der Waals surface area contributed by atoms with E-state index in [0.717, 1.165) is 73.5 Å². The van der Waals surface area contributed by atoms with Crippen molar-refractivity contribution >= 4 is 33.3 Å². The highest BCUT2D eigenvalue weighted by molar-refractivity contribution is 7.19. The van der Waals surface area contributed by atoms with Gasteiger partial charge in [0.25, 0.3) is 0 Å². The van der Waals surface area contributed by atoms with Gasteiger partial charge in [0.2, 0.25) is 5.91 Å². The lowest BCUT2D eigenvalue weighted by Crippen LogP contribution is -3.12. The minimum Gasteiger partial charge on any atom is -0.370 e. The quantitative estimate of drug-likeness (QED) is 0.769. The van der Waals surface area contributed by atoms with Crippen molar-refractivity contribution in [3.8, 4) is 0 Å². The first-order chi connectivity index (χ1) is 13.5. The number of thiophene rings is 1. The van der Waals surface area contributed by atoms with Crippen molar-refractivity contribution in [1.29, 1.82) is 0 Å². The fourth-order valence-corrected chi connectivity index (χ4v) is 5.37. The molecule has 0 unspecified atom stereocenters. The lowest BCUT2D eigenvalue weighted by molar-refractivity contribution is -0.922. The Hall–Kier alpha value is -1.77. The molecule has 0 radical (unpaired) electrons. The Morgan fingerprint density at radius 3 is 2.86 bits per heavy atom. The van der Waals surface area contributed by atoms with Gasteiger partial charge in [0.05, 0.1) is 25.1 Å². The van der Waals surface area contributed by atoms with Crippen LogP contribution in [-0.4, -0.2) is 67.7 Å². The molecule has 3 heterocycles. The first-order valence-corrected chi connectivity index (χ1v) is 11.0. The number of likely N-dealkylation sites (N-methyl/N-ethyl adjacent to an activating group) is 1. The fraction of sp³-hybridized carbons (Fsp3) is 0.650. The van der Waals surface area contributed by atoms with E-state index in [1.807, 2.05) is 11.3 Å². The topological polar surface area (TPSA) is 71.8 Å². The van der Waals surface area contributed by atoms with Crippen molar-refractivity contribution < 1.29 is 14.4 Å². The summed E-state index contributed by atoms with van der Waals surface area (Å²) in [4.78, 5) is 27.5. The van der Waals surface area contributed by atoms with Gasteiger partial charge in [-0.15, -0.1) is 11.3 Å². The number of aryl methyl sites for hydroxylation is 1. The second-order valence-electron chi connectivity index (χ2n) is 8.20. The number of morpholine rings is 1. The molecule has 2 aromatic rings. The third-order valence-corrected chi connectivity index (χ3v) is 6.86. The third kappa shape index (κ3) is 4.14. The Bertz CT molecular complexity index is 860. The number of aromatic nitrogens is 2. The summed E-state index contributed by atoms with van der Waals surface area (Å²) < 4.78 is 5.47. The number of anilines is 1. The molecule has 28 heavy (non-hydrogen) atoms. The summed E-state index contributed by atoms with van der Waals surface area (Å²) in [7, 11) is 3.56. The lowest BCUT2D eigenvalue weighted by Gasteiger charge is -2.23. The van der Waals surface area contributed by atoms with Gasteiger partial charge >= 0.3 is 0 Å². The highest BCUT2D eigenvalue weighted by atomic mass is 32.1. The number of carbonyl (C=O) groups is 1. The highest BCUT2D eigenvalue weighted by Crippen LogP contribution is 2.39. The van der Waals surface area contributed by atoms with E-state index in [0.29, 0.717) is 0 Å².